The molecular formula is C27H28FN3O3S. The zero-order valence-corrected chi connectivity index (χ0v) is 21.0. The highest BCUT2D eigenvalue weighted by Crippen LogP contribution is 2.45. The minimum Gasteiger partial charge on any atom is -0.459 e. The Morgan fingerprint density at radius 3 is 2.66 bits per heavy atom. The highest BCUT2D eigenvalue weighted by atomic mass is 32.2. The summed E-state index contributed by atoms with van der Waals surface area (Å²) in [5.74, 6) is -0.966. The maximum absolute atomic E-state index is 13.5. The number of nitrogens with zero attached hydrogens (tertiary/aromatic N) is 2. The molecule has 1 N–H and O–H groups in total. The zero-order valence-electron chi connectivity index (χ0n) is 20.2. The number of esters is 1. The zero-order chi connectivity index (χ0) is 25.1. The summed E-state index contributed by atoms with van der Waals surface area (Å²) >= 11 is 1.42. The third-order valence-corrected chi connectivity index (χ3v) is 6.53. The van der Waals surface area contributed by atoms with Gasteiger partial charge in [0.25, 0.3) is 0 Å². The summed E-state index contributed by atoms with van der Waals surface area (Å²) in [6.07, 6.45) is -0.183. The number of amidine groups is 1. The number of halogens is 1. The predicted octanol–water partition coefficient (Wildman–Crippen LogP) is 5.37. The van der Waals surface area contributed by atoms with Crippen LogP contribution in [0.1, 0.15) is 49.9 Å². The van der Waals surface area contributed by atoms with Gasteiger partial charge < -0.3 is 15.0 Å². The van der Waals surface area contributed by atoms with Crippen LogP contribution in [0.3, 0.4) is 0 Å². The van der Waals surface area contributed by atoms with Gasteiger partial charge in [-0.1, -0.05) is 53.7 Å². The third kappa shape index (κ3) is 5.65. The van der Waals surface area contributed by atoms with Crippen molar-refractivity contribution in [1.82, 2.24) is 10.2 Å². The average Bonchev–Trinajstić information content (AvgIpc) is 3.18. The van der Waals surface area contributed by atoms with E-state index in [0.717, 1.165) is 16.8 Å². The molecule has 6 nitrogen and oxygen atoms in total. The van der Waals surface area contributed by atoms with Crippen LogP contribution in [-0.2, 0) is 20.9 Å². The van der Waals surface area contributed by atoms with E-state index in [1.807, 2.05) is 62.3 Å². The Morgan fingerprint density at radius 1 is 1.17 bits per heavy atom. The van der Waals surface area contributed by atoms with Crippen LogP contribution in [-0.4, -0.2) is 28.0 Å². The molecule has 2 heterocycles. The van der Waals surface area contributed by atoms with E-state index in [9.17, 15) is 14.0 Å². The number of carbonyl (C=O) groups is 2. The number of nitrogens with one attached hydrogen (secondary N) is 1. The van der Waals surface area contributed by atoms with Crippen LogP contribution in [0.4, 0.5) is 4.39 Å². The van der Waals surface area contributed by atoms with Gasteiger partial charge in [-0.25, -0.2) is 14.2 Å². The van der Waals surface area contributed by atoms with Gasteiger partial charge in [-0.05, 0) is 56.4 Å². The third-order valence-electron chi connectivity index (χ3n) is 5.64. The normalized spacial score (nSPS) is 17.2. The van der Waals surface area contributed by atoms with Crippen molar-refractivity contribution in [3.8, 4) is 0 Å². The number of carbonyl (C=O) groups excluding carboxylic acids is 2. The molecule has 35 heavy (non-hydrogen) atoms. The monoisotopic (exact) mass is 493 g/mol. The SMILES string of the molecule is CC1=C(C(=O)OC(C)C)[C@@H](c2cccc(C)c2)N2C(CC(=O)NCc3cccc(F)c3)=CSC2=N1. The number of ether oxygens (including phenoxy) is 1. The van der Waals surface area contributed by atoms with Gasteiger partial charge in [0.1, 0.15) is 5.82 Å². The van der Waals surface area contributed by atoms with E-state index >= 15 is 0 Å². The van der Waals surface area contributed by atoms with Gasteiger partial charge >= 0.3 is 5.97 Å². The van der Waals surface area contributed by atoms with E-state index in [-0.39, 0.29) is 30.8 Å². The highest BCUT2D eigenvalue weighted by molar-refractivity contribution is 8.16. The van der Waals surface area contributed by atoms with Gasteiger partial charge in [-0.15, -0.1) is 0 Å². The van der Waals surface area contributed by atoms with E-state index < -0.39 is 12.0 Å². The summed E-state index contributed by atoms with van der Waals surface area (Å²) in [5, 5.41) is 5.46. The van der Waals surface area contributed by atoms with Crippen LogP contribution < -0.4 is 5.32 Å². The largest absolute Gasteiger partial charge is 0.459 e. The van der Waals surface area contributed by atoms with Crippen LogP contribution >= 0.6 is 11.8 Å². The predicted molar refractivity (Wildman–Crippen MR) is 136 cm³/mol. The first-order valence-corrected chi connectivity index (χ1v) is 12.3. The molecule has 2 aromatic rings. The molecule has 182 valence electrons. The first kappa shape index (κ1) is 24.7. The molecule has 0 spiro atoms. The molecule has 0 saturated carbocycles. The topological polar surface area (TPSA) is 71.0 Å². The molecule has 0 aliphatic carbocycles. The number of fused-ring (bicyclic) bond motifs is 1. The van der Waals surface area contributed by atoms with Crippen LogP contribution in [0.5, 0.6) is 0 Å². The maximum atomic E-state index is 13.5. The summed E-state index contributed by atoms with van der Waals surface area (Å²) in [7, 11) is 0. The van der Waals surface area contributed by atoms with Crippen molar-refractivity contribution in [3.63, 3.8) is 0 Å². The first-order valence-electron chi connectivity index (χ1n) is 11.5. The average molecular weight is 494 g/mol. The van der Waals surface area contributed by atoms with Crippen molar-refractivity contribution in [1.29, 1.82) is 0 Å². The number of hydrogen-bond donors (Lipinski definition) is 1. The van der Waals surface area contributed by atoms with Gasteiger partial charge in [0, 0.05) is 12.2 Å². The van der Waals surface area contributed by atoms with Gasteiger partial charge in [0.15, 0.2) is 5.17 Å². The second-order valence-electron chi connectivity index (χ2n) is 8.84. The van der Waals surface area contributed by atoms with Crippen molar-refractivity contribution in [2.45, 2.75) is 52.8 Å². The van der Waals surface area contributed by atoms with Crippen molar-refractivity contribution in [2.75, 3.05) is 0 Å². The number of hydrogen-bond acceptors (Lipinski definition) is 6. The van der Waals surface area contributed by atoms with Crippen LogP contribution in [0.15, 0.2) is 75.9 Å². The lowest BCUT2D eigenvalue weighted by Crippen LogP contribution is -2.38. The summed E-state index contributed by atoms with van der Waals surface area (Å²) in [6.45, 7) is 7.66. The van der Waals surface area contributed by atoms with Gasteiger partial charge in [0.05, 0.1) is 29.8 Å². The smallest absolute Gasteiger partial charge is 0.338 e. The van der Waals surface area contributed by atoms with E-state index in [1.165, 1.54) is 23.9 Å². The number of aliphatic imine (C=N–C) groups is 1. The summed E-state index contributed by atoms with van der Waals surface area (Å²) in [5.41, 5.74) is 4.46. The number of aryl methyl sites for hydroxylation is 1. The quantitative estimate of drug-likeness (QED) is 0.526. The lowest BCUT2D eigenvalue weighted by atomic mass is 9.93. The van der Waals surface area contributed by atoms with Crippen molar-refractivity contribution in [2.24, 2.45) is 4.99 Å². The fourth-order valence-electron chi connectivity index (χ4n) is 4.14. The molecule has 4 rings (SSSR count). The lowest BCUT2D eigenvalue weighted by molar-refractivity contribution is -0.143. The number of thioether (sulfide) groups is 1. The second kappa shape index (κ2) is 10.5. The summed E-state index contributed by atoms with van der Waals surface area (Å²) < 4.78 is 19.0. The van der Waals surface area contributed by atoms with E-state index in [2.05, 4.69) is 10.3 Å². The Bertz CT molecular complexity index is 1250. The van der Waals surface area contributed by atoms with E-state index in [0.29, 0.717) is 22.0 Å². The van der Waals surface area contributed by atoms with Crippen molar-refractivity contribution < 1.29 is 18.7 Å². The molecule has 0 radical (unpaired) electrons. The fourth-order valence-corrected chi connectivity index (χ4v) is 5.10. The molecular weight excluding hydrogens is 465 g/mol. The molecule has 1 atom stereocenters. The summed E-state index contributed by atoms with van der Waals surface area (Å²) in [6, 6.07) is 13.6. The molecule has 2 aliphatic heterocycles. The van der Waals surface area contributed by atoms with E-state index in [4.69, 9.17) is 4.74 Å². The van der Waals surface area contributed by atoms with Crippen molar-refractivity contribution in [3.05, 3.63) is 93.4 Å². The number of allylic oxidation sites excluding steroid dienone is 1. The number of amides is 1. The molecule has 8 heteroatoms. The first-order chi connectivity index (χ1) is 16.7. The van der Waals surface area contributed by atoms with Gasteiger partial charge in [-0.3, -0.25) is 4.79 Å². The Morgan fingerprint density at radius 2 is 1.94 bits per heavy atom. The lowest BCUT2D eigenvalue weighted by Gasteiger charge is -2.36. The molecule has 0 fully saturated rings. The van der Waals surface area contributed by atoms with Crippen LogP contribution in [0.2, 0.25) is 0 Å². The van der Waals surface area contributed by atoms with Crippen LogP contribution in [0.25, 0.3) is 0 Å². The highest BCUT2D eigenvalue weighted by Gasteiger charge is 2.41. The molecule has 0 bridgehead atoms. The molecule has 0 aromatic heterocycles. The minimum atomic E-state index is -0.467. The number of benzene rings is 2. The molecule has 1 amide bonds. The van der Waals surface area contributed by atoms with E-state index in [1.54, 1.807) is 12.1 Å². The number of rotatable bonds is 7. The molecule has 2 aliphatic rings. The van der Waals surface area contributed by atoms with Crippen LogP contribution in [0, 0.1) is 12.7 Å². The molecule has 0 saturated heterocycles. The maximum Gasteiger partial charge on any atom is 0.338 e. The Labute approximate surface area is 209 Å². The van der Waals surface area contributed by atoms with Gasteiger partial charge in [0.2, 0.25) is 5.91 Å². The molecule has 0 unspecified atom stereocenters. The fraction of sp³-hybridized carbons (Fsp3) is 0.296. The molecule has 2 aromatic carbocycles. The summed E-state index contributed by atoms with van der Waals surface area (Å²) in [4.78, 5) is 32.6. The Hall–Kier alpha value is -3.39. The second-order valence-corrected chi connectivity index (χ2v) is 9.68. The van der Waals surface area contributed by atoms with Gasteiger partial charge in [-0.2, -0.15) is 0 Å². The Balaban J connectivity index is 1.61. The van der Waals surface area contributed by atoms with Crippen molar-refractivity contribution >= 4 is 28.8 Å². The minimum absolute atomic E-state index is 0.0925. The standard InChI is InChI=1S/C27H28FN3O3S/c1-16(2)34-26(33)24-18(4)30-27-31(25(24)20-9-5-7-17(3)11-20)22(15-35-27)13-23(32)29-14-19-8-6-10-21(28)12-19/h5-12,15-16,25H,13-14H2,1-4H3,(H,29,32)/t25-/m1/s1. The Kier molecular flexibility index (Phi) is 7.40.